The minimum Gasteiger partial charge on any atom is -0.436 e. The van der Waals surface area contributed by atoms with Crippen LogP contribution in [0, 0.1) is 0 Å². The highest BCUT2D eigenvalue weighted by atomic mass is 16.3. The number of nitrogens with zero attached hydrogens (tertiary/aromatic N) is 6. The van der Waals surface area contributed by atoms with Crippen LogP contribution in [0.15, 0.2) is 52.9 Å². The minimum absolute atomic E-state index is 0.582. The number of benzene rings is 2. The molecule has 8 heteroatoms. The maximum absolute atomic E-state index is 5.88. The van der Waals surface area contributed by atoms with Crippen molar-refractivity contribution < 1.29 is 4.42 Å². The van der Waals surface area contributed by atoms with Crippen LogP contribution in [-0.4, -0.2) is 46.1 Å². The molecule has 0 amide bonds. The Balaban J connectivity index is 1.26. The van der Waals surface area contributed by atoms with E-state index in [0.717, 1.165) is 60.4 Å². The molecule has 2 aliphatic rings. The van der Waals surface area contributed by atoms with Crippen LogP contribution in [0.4, 0.5) is 23.5 Å². The normalized spacial score (nSPS) is 16.2. The third kappa shape index (κ3) is 3.72. The molecule has 6 rings (SSSR count). The molecule has 0 unspecified atom stereocenters. The molecule has 2 saturated heterocycles. The van der Waals surface area contributed by atoms with Gasteiger partial charge in [-0.05, 0) is 62.1 Å². The van der Waals surface area contributed by atoms with E-state index in [1.54, 1.807) is 0 Å². The van der Waals surface area contributed by atoms with Crippen LogP contribution in [0.3, 0.4) is 0 Å². The summed E-state index contributed by atoms with van der Waals surface area (Å²) in [6, 6.07) is 15.8. The lowest BCUT2D eigenvalue weighted by atomic mass is 10.2. The molecule has 8 nitrogen and oxygen atoms in total. The van der Waals surface area contributed by atoms with Gasteiger partial charge in [0.05, 0.1) is 0 Å². The van der Waals surface area contributed by atoms with Crippen LogP contribution in [0.1, 0.15) is 25.7 Å². The molecule has 2 aromatic heterocycles. The Labute approximate surface area is 186 Å². The quantitative estimate of drug-likeness (QED) is 0.494. The number of hydrogen-bond donors (Lipinski definition) is 1. The summed E-state index contributed by atoms with van der Waals surface area (Å²) in [7, 11) is 0. The maximum atomic E-state index is 5.88. The molecule has 4 aromatic rings. The third-order valence-electron chi connectivity index (χ3n) is 6.07. The van der Waals surface area contributed by atoms with Gasteiger partial charge in [-0.15, -0.1) is 0 Å². The predicted molar refractivity (Wildman–Crippen MR) is 125 cm³/mol. The zero-order valence-corrected chi connectivity index (χ0v) is 17.9. The van der Waals surface area contributed by atoms with Crippen molar-refractivity contribution in [2.75, 3.05) is 41.3 Å². The van der Waals surface area contributed by atoms with Crippen LogP contribution in [0.2, 0.25) is 0 Å². The fourth-order valence-corrected chi connectivity index (χ4v) is 4.35. The largest absolute Gasteiger partial charge is 0.436 e. The monoisotopic (exact) mass is 427 g/mol. The number of para-hydroxylation sites is 2. The van der Waals surface area contributed by atoms with Crippen LogP contribution in [0.5, 0.6) is 0 Å². The molecule has 0 spiro atoms. The Morgan fingerprint density at radius 1 is 0.688 bits per heavy atom. The Hall–Kier alpha value is -3.68. The summed E-state index contributed by atoms with van der Waals surface area (Å²) in [5.74, 6) is 2.74. The van der Waals surface area contributed by atoms with Crippen molar-refractivity contribution in [3.63, 3.8) is 0 Å². The number of oxazole rings is 1. The highest BCUT2D eigenvalue weighted by Gasteiger charge is 2.21. The Bertz CT molecular complexity index is 1160. The smallest absolute Gasteiger partial charge is 0.233 e. The summed E-state index contributed by atoms with van der Waals surface area (Å²) in [5, 5.41) is 3.37. The molecule has 162 valence electrons. The summed E-state index contributed by atoms with van der Waals surface area (Å²) in [4.78, 5) is 23.3. The van der Waals surface area contributed by atoms with E-state index < -0.39 is 0 Å². The molecule has 1 N–H and O–H groups in total. The van der Waals surface area contributed by atoms with Crippen molar-refractivity contribution in [1.29, 1.82) is 0 Å². The summed E-state index contributed by atoms with van der Waals surface area (Å²) in [6.45, 7) is 4.01. The standard InChI is InChI=1S/C24H25N7O/c1-2-8-20-19(7-1)26-21(32-20)17-9-11-18(12-10-17)25-22-27-23(30-13-3-4-14-30)29-24(28-22)31-15-5-6-16-31/h1-2,7-12H,3-6,13-16H2,(H,25,27,28,29). The van der Waals surface area contributed by atoms with E-state index in [4.69, 9.17) is 19.4 Å². The molecule has 0 aliphatic carbocycles. The van der Waals surface area contributed by atoms with Crippen molar-refractivity contribution >= 4 is 34.6 Å². The predicted octanol–water partition coefficient (Wildman–Crippen LogP) is 4.62. The first kappa shape index (κ1) is 19.0. The fourth-order valence-electron chi connectivity index (χ4n) is 4.35. The molecule has 0 saturated carbocycles. The lowest BCUT2D eigenvalue weighted by Gasteiger charge is -2.20. The minimum atomic E-state index is 0.582. The molecular weight excluding hydrogens is 402 g/mol. The van der Waals surface area contributed by atoms with Gasteiger partial charge >= 0.3 is 0 Å². The summed E-state index contributed by atoms with van der Waals surface area (Å²) < 4.78 is 5.88. The number of rotatable bonds is 5. The second kappa shape index (κ2) is 8.11. The Kier molecular flexibility index (Phi) is 4.82. The third-order valence-corrected chi connectivity index (χ3v) is 6.07. The first-order valence-corrected chi connectivity index (χ1v) is 11.3. The van der Waals surface area contributed by atoms with Crippen LogP contribution >= 0.6 is 0 Å². The average molecular weight is 428 g/mol. The van der Waals surface area contributed by atoms with Crippen molar-refractivity contribution in [1.82, 2.24) is 19.9 Å². The van der Waals surface area contributed by atoms with E-state index in [-0.39, 0.29) is 0 Å². The number of fused-ring (bicyclic) bond motifs is 1. The molecule has 2 fully saturated rings. The van der Waals surface area contributed by atoms with Gasteiger partial charge in [0.1, 0.15) is 5.52 Å². The molecule has 0 atom stereocenters. The topological polar surface area (TPSA) is 83.2 Å². The number of nitrogens with one attached hydrogen (secondary N) is 1. The molecule has 4 heterocycles. The second-order valence-electron chi connectivity index (χ2n) is 8.34. The van der Waals surface area contributed by atoms with Crippen LogP contribution < -0.4 is 15.1 Å². The van der Waals surface area contributed by atoms with Gasteiger partial charge in [0.25, 0.3) is 0 Å². The van der Waals surface area contributed by atoms with E-state index in [0.29, 0.717) is 11.8 Å². The number of hydrogen-bond acceptors (Lipinski definition) is 8. The van der Waals surface area contributed by atoms with Crippen LogP contribution in [0.25, 0.3) is 22.6 Å². The van der Waals surface area contributed by atoms with Gasteiger partial charge in [0.2, 0.25) is 23.7 Å². The molecule has 2 aliphatic heterocycles. The highest BCUT2D eigenvalue weighted by Crippen LogP contribution is 2.27. The zero-order chi connectivity index (χ0) is 21.3. The van der Waals surface area contributed by atoms with Gasteiger partial charge in [0.15, 0.2) is 5.58 Å². The summed E-state index contributed by atoms with van der Waals surface area (Å²) in [6.07, 6.45) is 4.74. The van der Waals surface area contributed by atoms with Crippen molar-refractivity contribution in [3.8, 4) is 11.5 Å². The van der Waals surface area contributed by atoms with Crippen molar-refractivity contribution in [2.45, 2.75) is 25.7 Å². The molecular formula is C24H25N7O. The molecule has 0 bridgehead atoms. The van der Waals surface area contributed by atoms with E-state index in [1.807, 2.05) is 48.5 Å². The fraction of sp³-hybridized carbons (Fsp3) is 0.333. The summed E-state index contributed by atoms with van der Waals surface area (Å²) in [5.41, 5.74) is 3.49. The van der Waals surface area contributed by atoms with Crippen molar-refractivity contribution in [3.05, 3.63) is 48.5 Å². The summed E-state index contributed by atoms with van der Waals surface area (Å²) >= 11 is 0. The van der Waals surface area contributed by atoms with Crippen LogP contribution in [-0.2, 0) is 0 Å². The average Bonchev–Trinajstić information content (AvgIpc) is 3.61. The maximum Gasteiger partial charge on any atom is 0.233 e. The molecule has 0 radical (unpaired) electrons. The van der Waals surface area contributed by atoms with Gasteiger partial charge in [-0.2, -0.15) is 15.0 Å². The van der Waals surface area contributed by atoms with Gasteiger partial charge in [-0.25, -0.2) is 4.98 Å². The SMILES string of the molecule is c1ccc2oc(-c3ccc(Nc4nc(N5CCCC5)nc(N5CCCC5)n4)cc3)nc2c1. The number of aromatic nitrogens is 4. The van der Waals surface area contributed by atoms with Gasteiger partial charge in [0, 0.05) is 37.4 Å². The van der Waals surface area contributed by atoms with E-state index >= 15 is 0 Å². The van der Waals surface area contributed by atoms with E-state index in [2.05, 4.69) is 20.1 Å². The zero-order valence-electron chi connectivity index (χ0n) is 17.9. The van der Waals surface area contributed by atoms with Gasteiger partial charge in [-0.3, -0.25) is 0 Å². The van der Waals surface area contributed by atoms with Gasteiger partial charge < -0.3 is 19.5 Å². The van der Waals surface area contributed by atoms with Gasteiger partial charge in [-0.1, -0.05) is 12.1 Å². The lowest BCUT2D eigenvalue weighted by molar-refractivity contribution is 0.620. The first-order valence-electron chi connectivity index (χ1n) is 11.3. The second-order valence-corrected chi connectivity index (χ2v) is 8.34. The van der Waals surface area contributed by atoms with E-state index in [9.17, 15) is 0 Å². The van der Waals surface area contributed by atoms with Crippen molar-refractivity contribution in [2.24, 2.45) is 0 Å². The Morgan fingerprint density at radius 2 is 1.31 bits per heavy atom. The highest BCUT2D eigenvalue weighted by molar-refractivity contribution is 5.76. The lowest BCUT2D eigenvalue weighted by Crippen LogP contribution is -2.25. The van der Waals surface area contributed by atoms with E-state index in [1.165, 1.54) is 25.7 Å². The Morgan fingerprint density at radius 3 is 1.94 bits per heavy atom. The molecule has 32 heavy (non-hydrogen) atoms. The first-order chi connectivity index (χ1) is 15.8. The molecule has 2 aromatic carbocycles. The number of anilines is 4.